The number of hydrogen-bond acceptors (Lipinski definition) is 7. The van der Waals surface area contributed by atoms with Gasteiger partial charge in [-0.15, -0.1) is 0 Å². The Labute approximate surface area is 185 Å². The van der Waals surface area contributed by atoms with E-state index in [2.05, 4.69) is 36.0 Å². The van der Waals surface area contributed by atoms with Gasteiger partial charge in [-0.05, 0) is 38.5 Å². The van der Waals surface area contributed by atoms with Crippen molar-refractivity contribution >= 4 is 11.9 Å². The van der Waals surface area contributed by atoms with Crippen LogP contribution < -0.4 is 0 Å². The summed E-state index contributed by atoms with van der Waals surface area (Å²) in [5.74, 6) is -3.25. The summed E-state index contributed by atoms with van der Waals surface area (Å²) in [5, 5.41) is 28.5. The number of unbranched alkanes of at least 4 members (excludes halogenated alkanes) is 8. The highest BCUT2D eigenvalue weighted by molar-refractivity contribution is 5.89. The van der Waals surface area contributed by atoms with Crippen LogP contribution >= 0.6 is 0 Å². The van der Waals surface area contributed by atoms with Crippen LogP contribution in [0.15, 0.2) is 35.8 Å². The first kappa shape index (κ1) is 26.8. The molecule has 1 rings (SSSR count). The number of carbonyl (C=O) groups is 2. The van der Waals surface area contributed by atoms with Crippen molar-refractivity contribution in [3.8, 4) is 0 Å². The number of cyclic esters (lactones) is 1. The third-order valence-corrected chi connectivity index (χ3v) is 5.04. The quantitative estimate of drug-likeness (QED) is 0.167. The Bertz CT molecular complexity index is 621. The highest BCUT2D eigenvalue weighted by Crippen LogP contribution is 2.21. The minimum atomic E-state index is -1.43. The molecule has 0 amide bonds. The third-order valence-electron chi connectivity index (χ3n) is 5.04. The van der Waals surface area contributed by atoms with Gasteiger partial charge in [0.25, 0.3) is 0 Å². The zero-order valence-corrected chi connectivity index (χ0v) is 18.6. The van der Waals surface area contributed by atoms with Crippen LogP contribution in [0, 0.1) is 0 Å². The molecule has 0 saturated carbocycles. The minimum absolute atomic E-state index is 0.245. The zero-order valence-electron chi connectivity index (χ0n) is 18.6. The summed E-state index contributed by atoms with van der Waals surface area (Å²) < 4.78 is 9.55. The SMILES string of the molecule is CCCCC/C=C\C/C=C\CCCCCCCC(=O)OC[C@H](O)[C@H]1OC(=O)C(O)=C1O. The average Bonchev–Trinajstić information content (AvgIpc) is 3.02. The molecule has 0 aromatic carbocycles. The summed E-state index contributed by atoms with van der Waals surface area (Å²) in [4.78, 5) is 22.8. The predicted octanol–water partition coefficient (Wildman–Crippen LogP) is 4.96. The number of ether oxygens (including phenoxy) is 2. The topological polar surface area (TPSA) is 113 Å². The van der Waals surface area contributed by atoms with Gasteiger partial charge in [-0.1, -0.05) is 63.3 Å². The lowest BCUT2D eigenvalue weighted by atomic mass is 10.1. The maximum absolute atomic E-state index is 11.7. The van der Waals surface area contributed by atoms with E-state index in [-0.39, 0.29) is 6.42 Å². The Kier molecular flexibility index (Phi) is 14.2. The number of carbonyl (C=O) groups excluding carboxylic acids is 2. The molecular weight excluding hydrogens is 400 g/mol. The van der Waals surface area contributed by atoms with Crippen LogP contribution in [0.4, 0.5) is 0 Å². The van der Waals surface area contributed by atoms with E-state index in [0.29, 0.717) is 6.42 Å². The summed E-state index contributed by atoms with van der Waals surface area (Å²) in [5.41, 5.74) is 0. The zero-order chi connectivity index (χ0) is 22.9. The first-order valence-corrected chi connectivity index (χ1v) is 11.4. The second kappa shape index (κ2) is 16.4. The lowest BCUT2D eigenvalue weighted by Gasteiger charge is -2.17. The Balaban J connectivity index is 1.96. The molecule has 0 bridgehead atoms. The van der Waals surface area contributed by atoms with E-state index in [9.17, 15) is 24.9 Å². The molecule has 0 aromatic heterocycles. The molecule has 0 spiro atoms. The maximum Gasteiger partial charge on any atom is 0.377 e. The predicted molar refractivity (Wildman–Crippen MR) is 118 cm³/mol. The summed E-state index contributed by atoms with van der Waals surface area (Å²) >= 11 is 0. The van der Waals surface area contributed by atoms with Crippen molar-refractivity contribution in [1.29, 1.82) is 0 Å². The monoisotopic (exact) mass is 438 g/mol. The van der Waals surface area contributed by atoms with Crippen LogP contribution in [0.3, 0.4) is 0 Å². The molecule has 3 N–H and O–H groups in total. The van der Waals surface area contributed by atoms with Crippen molar-refractivity contribution in [3.63, 3.8) is 0 Å². The Morgan fingerprint density at radius 1 is 1.00 bits per heavy atom. The molecule has 1 heterocycles. The smallest absolute Gasteiger partial charge is 0.377 e. The molecule has 2 atom stereocenters. The molecule has 0 saturated heterocycles. The minimum Gasteiger partial charge on any atom is -0.505 e. The van der Waals surface area contributed by atoms with Gasteiger partial charge in [0, 0.05) is 6.42 Å². The second-order valence-electron chi connectivity index (χ2n) is 7.79. The van der Waals surface area contributed by atoms with Gasteiger partial charge >= 0.3 is 11.9 Å². The lowest BCUT2D eigenvalue weighted by Crippen LogP contribution is -2.33. The molecule has 176 valence electrons. The van der Waals surface area contributed by atoms with Gasteiger partial charge < -0.3 is 24.8 Å². The number of esters is 2. The van der Waals surface area contributed by atoms with Gasteiger partial charge in [0.15, 0.2) is 11.9 Å². The number of aliphatic hydroxyl groups is 3. The second-order valence-corrected chi connectivity index (χ2v) is 7.79. The number of hydrogen-bond donors (Lipinski definition) is 3. The molecule has 31 heavy (non-hydrogen) atoms. The molecule has 1 aliphatic rings. The van der Waals surface area contributed by atoms with E-state index >= 15 is 0 Å². The van der Waals surface area contributed by atoms with Gasteiger partial charge in [-0.25, -0.2) is 4.79 Å². The number of aliphatic hydroxyl groups excluding tert-OH is 3. The molecule has 7 nitrogen and oxygen atoms in total. The number of rotatable bonds is 17. The Hall–Kier alpha value is -2.28. The molecule has 0 aliphatic carbocycles. The highest BCUT2D eigenvalue weighted by Gasteiger charge is 2.39. The van der Waals surface area contributed by atoms with E-state index < -0.39 is 42.3 Å². The van der Waals surface area contributed by atoms with Gasteiger partial charge in [0.1, 0.15) is 12.7 Å². The Morgan fingerprint density at radius 2 is 1.61 bits per heavy atom. The van der Waals surface area contributed by atoms with Crippen LogP contribution in [0.1, 0.15) is 84.0 Å². The fraction of sp³-hybridized carbons (Fsp3) is 0.667. The fourth-order valence-electron chi connectivity index (χ4n) is 3.15. The summed E-state index contributed by atoms with van der Waals surface area (Å²) in [6.07, 6.45) is 18.4. The largest absolute Gasteiger partial charge is 0.505 e. The highest BCUT2D eigenvalue weighted by atomic mass is 16.6. The molecule has 1 aliphatic heterocycles. The van der Waals surface area contributed by atoms with Crippen LogP contribution in [0.2, 0.25) is 0 Å². The average molecular weight is 439 g/mol. The van der Waals surface area contributed by atoms with Crippen molar-refractivity contribution in [1.82, 2.24) is 0 Å². The first-order valence-electron chi connectivity index (χ1n) is 11.4. The van der Waals surface area contributed by atoms with Crippen LogP contribution in [-0.4, -0.2) is 46.1 Å². The molecule has 0 unspecified atom stereocenters. The van der Waals surface area contributed by atoms with E-state index in [0.717, 1.165) is 38.5 Å². The van der Waals surface area contributed by atoms with Crippen molar-refractivity contribution in [3.05, 3.63) is 35.8 Å². The van der Waals surface area contributed by atoms with Crippen LogP contribution in [0.25, 0.3) is 0 Å². The normalized spacial score (nSPS) is 17.6. The molecular formula is C24H38O7. The van der Waals surface area contributed by atoms with E-state index in [1.807, 2.05) is 0 Å². The van der Waals surface area contributed by atoms with Gasteiger partial charge in [-0.3, -0.25) is 4.79 Å². The van der Waals surface area contributed by atoms with Gasteiger partial charge in [-0.2, -0.15) is 0 Å². The van der Waals surface area contributed by atoms with Gasteiger partial charge in [0.2, 0.25) is 5.76 Å². The summed E-state index contributed by atoms with van der Waals surface area (Å²) in [6.45, 7) is 1.79. The van der Waals surface area contributed by atoms with Crippen LogP contribution in [0.5, 0.6) is 0 Å². The van der Waals surface area contributed by atoms with Crippen molar-refractivity contribution in [2.75, 3.05) is 6.61 Å². The molecule has 0 fully saturated rings. The Morgan fingerprint density at radius 3 is 2.23 bits per heavy atom. The third kappa shape index (κ3) is 11.6. The first-order chi connectivity index (χ1) is 15.0. The summed E-state index contributed by atoms with van der Waals surface area (Å²) in [7, 11) is 0. The number of allylic oxidation sites excluding steroid dienone is 4. The summed E-state index contributed by atoms with van der Waals surface area (Å²) in [6, 6.07) is 0. The van der Waals surface area contributed by atoms with E-state index in [1.165, 1.54) is 25.7 Å². The van der Waals surface area contributed by atoms with E-state index in [1.54, 1.807) is 0 Å². The van der Waals surface area contributed by atoms with Crippen molar-refractivity contribution in [2.24, 2.45) is 0 Å². The molecule has 7 heteroatoms. The fourth-order valence-corrected chi connectivity index (χ4v) is 3.15. The van der Waals surface area contributed by atoms with Crippen LogP contribution in [-0.2, 0) is 19.1 Å². The van der Waals surface area contributed by atoms with Gasteiger partial charge in [0.05, 0.1) is 0 Å². The van der Waals surface area contributed by atoms with E-state index in [4.69, 9.17) is 4.74 Å². The van der Waals surface area contributed by atoms with Crippen molar-refractivity contribution < 1.29 is 34.4 Å². The standard InChI is InChI=1S/C24H38O7/c1-2-3-4-5-6-7-8-9-10-11-12-13-14-15-16-17-20(26)30-18-19(25)23-21(27)22(28)24(29)31-23/h6-7,9-10,19,23,25,27-28H,2-5,8,11-18H2,1H3/b7-6-,10-9-/t19-,23+/m0/s1. The van der Waals surface area contributed by atoms with Crippen molar-refractivity contribution in [2.45, 2.75) is 96.2 Å². The maximum atomic E-state index is 11.7. The lowest BCUT2D eigenvalue weighted by molar-refractivity contribution is -0.154. The molecule has 0 radical (unpaired) electrons. The molecule has 0 aromatic rings.